The quantitative estimate of drug-likeness (QED) is 0.780. The van der Waals surface area contributed by atoms with Gasteiger partial charge in [0.25, 0.3) is 5.89 Å². The number of nitrogens with one attached hydrogen (secondary N) is 1. The Labute approximate surface area is 121 Å². The van der Waals surface area contributed by atoms with Gasteiger partial charge in [-0.2, -0.15) is 10.2 Å². The monoisotopic (exact) mass is 276 g/mol. The lowest BCUT2D eigenvalue weighted by Crippen LogP contribution is -1.98. The highest BCUT2D eigenvalue weighted by molar-refractivity contribution is 5.52. The van der Waals surface area contributed by atoms with Gasteiger partial charge in [0.15, 0.2) is 5.82 Å². The zero-order valence-corrected chi connectivity index (χ0v) is 11.2. The van der Waals surface area contributed by atoms with Crippen LogP contribution in [0, 0.1) is 11.3 Å². The molecule has 3 aromatic rings. The molecule has 5 nitrogen and oxygen atoms in total. The molecule has 2 aromatic heterocycles. The largest absolute Gasteiger partial charge is 0.356 e. The Hall–Kier alpha value is -2.87. The maximum absolute atomic E-state index is 8.85. The molecular weight excluding hydrogens is 264 g/mol. The van der Waals surface area contributed by atoms with Gasteiger partial charge in [0.1, 0.15) is 11.8 Å². The average molecular weight is 276 g/mol. The van der Waals surface area contributed by atoms with Crippen LogP contribution >= 0.6 is 0 Å². The number of nitrogens with zero attached hydrogens (tertiary/aromatic N) is 3. The van der Waals surface area contributed by atoms with Gasteiger partial charge in [-0.25, -0.2) is 0 Å². The van der Waals surface area contributed by atoms with Crippen LogP contribution in [0.4, 0.5) is 0 Å². The molecule has 4 rings (SSSR count). The highest BCUT2D eigenvalue weighted by Gasteiger charge is 2.27. The van der Waals surface area contributed by atoms with Crippen molar-refractivity contribution < 1.29 is 4.52 Å². The van der Waals surface area contributed by atoms with E-state index in [1.54, 1.807) is 12.3 Å². The Morgan fingerprint density at radius 1 is 1.33 bits per heavy atom. The molecule has 1 aliphatic rings. The standard InChI is InChI=1S/C16H12N4O/c17-8-10-7-14(18-9-10)16-19-15(20-21-16)13-6-5-11-3-1-2-4-12(11)13/h1-4,7,9,13,18H,5-6H2. The predicted octanol–water partition coefficient (Wildman–Crippen LogP) is 3.01. The molecule has 0 fully saturated rings. The van der Waals surface area contributed by atoms with Gasteiger partial charge in [0.05, 0.1) is 5.56 Å². The molecule has 0 aliphatic heterocycles. The number of hydrogen-bond acceptors (Lipinski definition) is 4. The zero-order valence-electron chi connectivity index (χ0n) is 11.2. The van der Waals surface area contributed by atoms with Crippen molar-refractivity contribution in [1.29, 1.82) is 5.26 Å². The van der Waals surface area contributed by atoms with E-state index in [1.165, 1.54) is 11.1 Å². The van der Waals surface area contributed by atoms with Crippen LogP contribution in [0.1, 0.15) is 34.9 Å². The Bertz CT molecular complexity index is 840. The highest BCUT2D eigenvalue weighted by Crippen LogP contribution is 2.37. The first-order valence-electron chi connectivity index (χ1n) is 6.85. The zero-order chi connectivity index (χ0) is 14.2. The van der Waals surface area contributed by atoms with E-state index in [9.17, 15) is 0 Å². The Morgan fingerprint density at radius 2 is 2.24 bits per heavy atom. The van der Waals surface area contributed by atoms with Crippen LogP contribution in [0.5, 0.6) is 0 Å². The topological polar surface area (TPSA) is 78.5 Å². The van der Waals surface area contributed by atoms with Crippen LogP contribution < -0.4 is 0 Å². The molecule has 2 heterocycles. The minimum absolute atomic E-state index is 0.198. The normalized spacial score (nSPS) is 16.6. The van der Waals surface area contributed by atoms with Crippen LogP contribution in [-0.2, 0) is 6.42 Å². The van der Waals surface area contributed by atoms with Gasteiger partial charge in [-0.3, -0.25) is 0 Å². The first-order chi connectivity index (χ1) is 10.3. The van der Waals surface area contributed by atoms with E-state index in [1.807, 2.05) is 6.07 Å². The number of nitriles is 1. The lowest BCUT2D eigenvalue weighted by atomic mass is 10.0. The summed E-state index contributed by atoms with van der Waals surface area (Å²) >= 11 is 0. The van der Waals surface area contributed by atoms with E-state index in [4.69, 9.17) is 9.78 Å². The molecule has 0 amide bonds. The van der Waals surface area contributed by atoms with Crippen molar-refractivity contribution in [1.82, 2.24) is 15.1 Å². The molecule has 1 N–H and O–H groups in total. The van der Waals surface area contributed by atoms with E-state index in [0.717, 1.165) is 12.8 Å². The van der Waals surface area contributed by atoms with Crippen molar-refractivity contribution in [2.45, 2.75) is 18.8 Å². The molecule has 1 aliphatic carbocycles. The van der Waals surface area contributed by atoms with E-state index in [-0.39, 0.29) is 5.92 Å². The Morgan fingerprint density at radius 3 is 3.10 bits per heavy atom. The molecule has 1 atom stereocenters. The average Bonchev–Trinajstić information content (AvgIpc) is 3.24. The number of H-pyrrole nitrogens is 1. The fourth-order valence-electron chi connectivity index (χ4n) is 2.89. The van der Waals surface area contributed by atoms with E-state index in [2.05, 4.69) is 39.4 Å². The van der Waals surface area contributed by atoms with Gasteiger partial charge in [0, 0.05) is 12.1 Å². The number of rotatable bonds is 2. The van der Waals surface area contributed by atoms with Crippen molar-refractivity contribution in [3.63, 3.8) is 0 Å². The summed E-state index contributed by atoms with van der Waals surface area (Å²) in [4.78, 5) is 7.47. The molecular formula is C16H12N4O. The van der Waals surface area contributed by atoms with Gasteiger partial charge in [0.2, 0.25) is 0 Å². The van der Waals surface area contributed by atoms with Crippen molar-refractivity contribution in [3.8, 4) is 17.7 Å². The minimum Gasteiger partial charge on any atom is -0.356 e. The number of aromatic nitrogens is 3. The third kappa shape index (κ3) is 1.93. The van der Waals surface area contributed by atoms with Gasteiger partial charge >= 0.3 is 0 Å². The van der Waals surface area contributed by atoms with Crippen LogP contribution in [0.3, 0.4) is 0 Å². The second-order valence-electron chi connectivity index (χ2n) is 5.16. The molecule has 0 saturated carbocycles. The Kier molecular flexibility index (Phi) is 2.61. The number of fused-ring (bicyclic) bond motifs is 1. The molecule has 21 heavy (non-hydrogen) atoms. The number of hydrogen-bond donors (Lipinski definition) is 1. The number of aromatic amines is 1. The molecule has 0 radical (unpaired) electrons. The first-order valence-corrected chi connectivity index (χ1v) is 6.85. The van der Waals surface area contributed by atoms with E-state index >= 15 is 0 Å². The summed E-state index contributed by atoms with van der Waals surface area (Å²) in [5.41, 5.74) is 3.88. The summed E-state index contributed by atoms with van der Waals surface area (Å²) < 4.78 is 5.33. The maximum atomic E-state index is 8.85. The van der Waals surface area contributed by atoms with Gasteiger partial charge in [-0.05, 0) is 30.0 Å². The maximum Gasteiger partial charge on any atom is 0.274 e. The van der Waals surface area contributed by atoms with E-state index in [0.29, 0.717) is 23.0 Å². The summed E-state index contributed by atoms with van der Waals surface area (Å²) in [5, 5.41) is 13.0. The van der Waals surface area contributed by atoms with Crippen molar-refractivity contribution >= 4 is 0 Å². The fourth-order valence-corrected chi connectivity index (χ4v) is 2.89. The minimum atomic E-state index is 0.198. The highest BCUT2D eigenvalue weighted by atomic mass is 16.5. The summed E-state index contributed by atoms with van der Waals surface area (Å²) in [6, 6.07) is 12.2. The van der Waals surface area contributed by atoms with Gasteiger partial charge in [-0.15, -0.1) is 0 Å². The molecule has 1 aromatic carbocycles. The summed E-state index contributed by atoms with van der Waals surface area (Å²) in [6.07, 6.45) is 3.68. The second kappa shape index (κ2) is 4.60. The molecule has 5 heteroatoms. The third-order valence-corrected chi connectivity index (χ3v) is 3.93. The lowest BCUT2D eigenvalue weighted by Gasteiger charge is -2.05. The number of benzene rings is 1. The van der Waals surface area contributed by atoms with Gasteiger partial charge < -0.3 is 9.51 Å². The number of aryl methyl sites for hydroxylation is 1. The molecule has 102 valence electrons. The van der Waals surface area contributed by atoms with Crippen molar-refractivity contribution in [2.24, 2.45) is 0 Å². The first kappa shape index (κ1) is 11.9. The Balaban J connectivity index is 1.68. The fraction of sp³-hybridized carbons (Fsp3) is 0.188. The predicted molar refractivity (Wildman–Crippen MR) is 75.4 cm³/mol. The molecule has 0 bridgehead atoms. The lowest BCUT2D eigenvalue weighted by molar-refractivity contribution is 0.418. The van der Waals surface area contributed by atoms with E-state index < -0.39 is 0 Å². The molecule has 0 saturated heterocycles. The second-order valence-corrected chi connectivity index (χ2v) is 5.16. The third-order valence-electron chi connectivity index (χ3n) is 3.93. The SMILES string of the molecule is N#Cc1c[nH]c(-c2nc(C3CCc4ccccc43)no2)c1. The van der Waals surface area contributed by atoms with Crippen LogP contribution in [0.25, 0.3) is 11.6 Å². The summed E-state index contributed by atoms with van der Waals surface area (Å²) in [7, 11) is 0. The molecule has 1 unspecified atom stereocenters. The smallest absolute Gasteiger partial charge is 0.274 e. The summed E-state index contributed by atoms with van der Waals surface area (Å²) in [5.74, 6) is 1.34. The summed E-state index contributed by atoms with van der Waals surface area (Å²) in [6.45, 7) is 0. The van der Waals surface area contributed by atoms with Crippen molar-refractivity contribution in [3.05, 3.63) is 59.0 Å². The van der Waals surface area contributed by atoms with Crippen molar-refractivity contribution in [2.75, 3.05) is 0 Å². The van der Waals surface area contributed by atoms with Gasteiger partial charge in [-0.1, -0.05) is 29.4 Å². The van der Waals surface area contributed by atoms with Crippen LogP contribution in [0.15, 0.2) is 41.1 Å². The molecule has 0 spiro atoms. The van der Waals surface area contributed by atoms with Crippen LogP contribution in [0.2, 0.25) is 0 Å². The van der Waals surface area contributed by atoms with Crippen LogP contribution in [-0.4, -0.2) is 15.1 Å².